The quantitative estimate of drug-likeness (QED) is 0.421. The molecule has 25 heavy (non-hydrogen) atoms. The summed E-state index contributed by atoms with van der Waals surface area (Å²) in [6, 6.07) is 25.1. The molecule has 2 heteroatoms. The Morgan fingerprint density at radius 2 is 1.44 bits per heavy atom. The van der Waals surface area contributed by atoms with Crippen LogP contribution in [0.25, 0.3) is 32.7 Å². The van der Waals surface area contributed by atoms with Crippen LogP contribution in [0.3, 0.4) is 0 Å². The molecule has 0 aliphatic carbocycles. The molecule has 0 aliphatic heterocycles. The summed E-state index contributed by atoms with van der Waals surface area (Å²) >= 11 is 0. The van der Waals surface area contributed by atoms with Crippen molar-refractivity contribution < 1.29 is 0 Å². The van der Waals surface area contributed by atoms with E-state index in [4.69, 9.17) is 4.98 Å². The second-order valence-corrected chi connectivity index (χ2v) is 6.60. The number of rotatable bonds is 2. The van der Waals surface area contributed by atoms with Crippen LogP contribution in [-0.2, 0) is 0 Å². The molecule has 0 radical (unpaired) electrons. The summed E-state index contributed by atoms with van der Waals surface area (Å²) < 4.78 is 0. The average molecular weight is 322 g/mol. The third kappa shape index (κ3) is 2.55. The molecule has 3 aromatic carbocycles. The van der Waals surface area contributed by atoms with E-state index in [0.29, 0.717) is 5.69 Å². The van der Waals surface area contributed by atoms with Crippen molar-refractivity contribution in [3.05, 3.63) is 78.1 Å². The predicted octanol–water partition coefficient (Wildman–Crippen LogP) is 6.05. The lowest BCUT2D eigenvalue weighted by molar-refractivity contribution is 0.832. The zero-order valence-electron chi connectivity index (χ0n) is 14.3. The number of nitriles is 1. The summed E-state index contributed by atoms with van der Waals surface area (Å²) in [6.45, 7) is 4.25. The summed E-state index contributed by atoms with van der Waals surface area (Å²) in [4.78, 5) is 4.74. The fourth-order valence-corrected chi connectivity index (χ4v) is 3.44. The molecule has 0 N–H and O–H groups in total. The van der Waals surface area contributed by atoms with Gasteiger partial charge in [0.25, 0.3) is 0 Å². The molecule has 0 aliphatic rings. The first-order valence-corrected chi connectivity index (χ1v) is 8.51. The lowest BCUT2D eigenvalue weighted by atomic mass is 9.91. The van der Waals surface area contributed by atoms with Gasteiger partial charge < -0.3 is 0 Å². The normalized spacial score (nSPS) is 11.1. The Balaban J connectivity index is 2.22. The average Bonchev–Trinajstić information content (AvgIpc) is 2.65. The van der Waals surface area contributed by atoms with Gasteiger partial charge in [0.2, 0.25) is 0 Å². The largest absolute Gasteiger partial charge is 0.241 e. The number of hydrogen-bond acceptors (Lipinski definition) is 2. The minimum atomic E-state index is 0.251. The van der Waals surface area contributed by atoms with Gasteiger partial charge in [-0.1, -0.05) is 68.4 Å². The van der Waals surface area contributed by atoms with Gasteiger partial charge >= 0.3 is 0 Å². The molecule has 0 saturated carbocycles. The minimum Gasteiger partial charge on any atom is -0.241 e. The summed E-state index contributed by atoms with van der Waals surface area (Å²) in [6.07, 6.45) is 0. The van der Waals surface area contributed by atoms with Crippen LogP contribution in [-0.4, -0.2) is 4.98 Å². The SMILES string of the molecule is CC(C)c1nc(C#N)c(-c2ccccc2)c2cc3ccccc3cc12. The third-order valence-electron chi connectivity index (χ3n) is 4.62. The molecule has 4 aromatic rings. The highest BCUT2D eigenvalue weighted by Gasteiger charge is 2.17. The first kappa shape index (κ1) is 15.4. The molecule has 0 fully saturated rings. The maximum atomic E-state index is 9.75. The Kier molecular flexibility index (Phi) is 3.71. The highest BCUT2D eigenvalue weighted by molar-refractivity contribution is 6.07. The van der Waals surface area contributed by atoms with Crippen LogP contribution in [0, 0.1) is 11.3 Å². The van der Waals surface area contributed by atoms with Crippen molar-refractivity contribution in [3.63, 3.8) is 0 Å². The first-order chi connectivity index (χ1) is 12.2. The van der Waals surface area contributed by atoms with Crippen molar-refractivity contribution in [1.82, 2.24) is 4.98 Å². The maximum absolute atomic E-state index is 9.75. The lowest BCUT2D eigenvalue weighted by Crippen LogP contribution is -2.01. The molecule has 4 rings (SSSR count). The smallest absolute Gasteiger partial charge is 0.149 e. The molecule has 2 nitrogen and oxygen atoms in total. The number of fused-ring (bicyclic) bond motifs is 2. The fourth-order valence-electron chi connectivity index (χ4n) is 3.44. The van der Waals surface area contributed by atoms with Crippen molar-refractivity contribution in [2.45, 2.75) is 19.8 Å². The van der Waals surface area contributed by atoms with Crippen molar-refractivity contribution in [2.75, 3.05) is 0 Å². The van der Waals surface area contributed by atoms with E-state index in [1.165, 1.54) is 10.8 Å². The van der Waals surface area contributed by atoms with Gasteiger partial charge in [0.1, 0.15) is 11.8 Å². The highest BCUT2D eigenvalue weighted by Crippen LogP contribution is 2.37. The monoisotopic (exact) mass is 322 g/mol. The van der Waals surface area contributed by atoms with Gasteiger partial charge in [0.05, 0.1) is 5.69 Å². The van der Waals surface area contributed by atoms with E-state index in [0.717, 1.165) is 27.6 Å². The summed E-state index contributed by atoms with van der Waals surface area (Å²) in [5.74, 6) is 0.251. The molecule has 0 atom stereocenters. The Morgan fingerprint density at radius 1 is 0.840 bits per heavy atom. The van der Waals surface area contributed by atoms with Crippen LogP contribution < -0.4 is 0 Å². The molecular weight excluding hydrogens is 304 g/mol. The standard InChI is InChI=1S/C23H18N2/c1-15(2)23-20-13-18-11-7-6-10-17(18)12-19(20)22(21(14-24)25-23)16-8-4-3-5-9-16/h3-13,15H,1-2H3. The Bertz CT molecular complexity index is 1120. The van der Waals surface area contributed by atoms with E-state index >= 15 is 0 Å². The van der Waals surface area contributed by atoms with E-state index in [-0.39, 0.29) is 5.92 Å². The van der Waals surface area contributed by atoms with Crippen molar-refractivity contribution in [1.29, 1.82) is 5.26 Å². The van der Waals surface area contributed by atoms with Crippen LogP contribution in [0.1, 0.15) is 31.2 Å². The molecule has 0 saturated heterocycles. The molecule has 120 valence electrons. The van der Waals surface area contributed by atoms with E-state index in [1.54, 1.807) is 0 Å². The van der Waals surface area contributed by atoms with E-state index in [1.807, 2.05) is 36.4 Å². The number of aromatic nitrogens is 1. The van der Waals surface area contributed by atoms with Crippen LogP contribution in [0.4, 0.5) is 0 Å². The van der Waals surface area contributed by atoms with Gasteiger partial charge in [-0.15, -0.1) is 0 Å². The van der Waals surface area contributed by atoms with E-state index < -0.39 is 0 Å². The van der Waals surface area contributed by atoms with Gasteiger partial charge in [-0.05, 0) is 39.8 Å². The molecule has 0 spiro atoms. The van der Waals surface area contributed by atoms with Gasteiger partial charge in [0.15, 0.2) is 0 Å². The summed E-state index contributed by atoms with van der Waals surface area (Å²) in [5, 5.41) is 14.3. The Morgan fingerprint density at radius 3 is 2.04 bits per heavy atom. The van der Waals surface area contributed by atoms with Crippen LogP contribution in [0.5, 0.6) is 0 Å². The minimum absolute atomic E-state index is 0.251. The molecule has 0 amide bonds. The number of nitrogens with zero attached hydrogens (tertiary/aromatic N) is 2. The van der Waals surface area contributed by atoms with Gasteiger partial charge in [-0.2, -0.15) is 5.26 Å². The number of benzene rings is 3. The molecule has 0 unspecified atom stereocenters. The van der Waals surface area contributed by atoms with Gasteiger partial charge in [0, 0.05) is 10.9 Å². The van der Waals surface area contributed by atoms with Crippen molar-refractivity contribution in [2.24, 2.45) is 0 Å². The highest BCUT2D eigenvalue weighted by atomic mass is 14.7. The molecule has 1 aromatic heterocycles. The fraction of sp³-hybridized carbons (Fsp3) is 0.130. The molecule has 1 heterocycles. The Hall–Kier alpha value is -3.18. The van der Waals surface area contributed by atoms with Crippen molar-refractivity contribution >= 4 is 21.5 Å². The van der Waals surface area contributed by atoms with Crippen LogP contribution >= 0.6 is 0 Å². The zero-order valence-corrected chi connectivity index (χ0v) is 14.3. The lowest BCUT2D eigenvalue weighted by Gasteiger charge is -2.16. The van der Waals surface area contributed by atoms with Crippen LogP contribution in [0.2, 0.25) is 0 Å². The zero-order chi connectivity index (χ0) is 17.4. The summed E-state index contributed by atoms with van der Waals surface area (Å²) in [5.41, 5.74) is 3.44. The maximum Gasteiger partial charge on any atom is 0.149 e. The van der Waals surface area contributed by atoms with Crippen molar-refractivity contribution in [3.8, 4) is 17.2 Å². The van der Waals surface area contributed by atoms with E-state index in [2.05, 4.69) is 50.2 Å². The first-order valence-electron chi connectivity index (χ1n) is 8.51. The van der Waals surface area contributed by atoms with E-state index in [9.17, 15) is 5.26 Å². The molecule has 0 bridgehead atoms. The number of pyridine rings is 1. The van der Waals surface area contributed by atoms with Gasteiger partial charge in [-0.25, -0.2) is 4.98 Å². The third-order valence-corrected chi connectivity index (χ3v) is 4.62. The van der Waals surface area contributed by atoms with Gasteiger partial charge in [-0.3, -0.25) is 0 Å². The Labute approximate surface area is 147 Å². The topological polar surface area (TPSA) is 36.7 Å². The second-order valence-electron chi connectivity index (χ2n) is 6.60. The molecular formula is C23H18N2. The van der Waals surface area contributed by atoms with Crippen LogP contribution in [0.15, 0.2) is 66.7 Å². The number of hydrogen-bond donors (Lipinski definition) is 0. The summed E-state index contributed by atoms with van der Waals surface area (Å²) in [7, 11) is 0. The predicted molar refractivity (Wildman–Crippen MR) is 103 cm³/mol. The second kappa shape index (κ2) is 6.03.